The molecule has 0 radical (unpaired) electrons. The van der Waals surface area contributed by atoms with E-state index in [1.54, 1.807) is 97.1 Å². The minimum Gasteiger partial charge on any atom is -0.508 e. The molecule has 0 aromatic heterocycles. The van der Waals surface area contributed by atoms with Crippen molar-refractivity contribution in [2.45, 2.75) is 24.7 Å². The van der Waals surface area contributed by atoms with E-state index in [-0.39, 0.29) is 28.8 Å². The molecule has 5 heteroatoms. The van der Waals surface area contributed by atoms with Crippen LogP contribution in [0.15, 0.2) is 97.1 Å². The number of carbonyl (C=O) groups excluding carboxylic acids is 1. The van der Waals surface area contributed by atoms with Crippen LogP contribution >= 0.6 is 0 Å². The zero-order valence-electron chi connectivity index (χ0n) is 18.5. The molecule has 34 heavy (non-hydrogen) atoms. The second-order valence-corrected chi connectivity index (χ2v) is 8.43. The second kappa shape index (κ2) is 10.1. The summed E-state index contributed by atoms with van der Waals surface area (Å²) in [6.07, 6.45) is 0.849. The Kier molecular flexibility index (Phi) is 6.83. The number of hydrogen-bond acceptors (Lipinski definition) is 5. The molecule has 0 fully saturated rings. The Labute approximate surface area is 198 Å². The van der Waals surface area contributed by atoms with Crippen LogP contribution in [0.25, 0.3) is 0 Å². The van der Waals surface area contributed by atoms with Crippen LogP contribution in [0.4, 0.5) is 0 Å². The molecule has 0 aliphatic rings. The smallest absolute Gasteiger partial charge is 0.148 e. The maximum atomic E-state index is 14.1. The summed E-state index contributed by atoms with van der Waals surface area (Å²) >= 11 is 0. The third-order valence-corrected chi connectivity index (χ3v) is 6.03. The molecule has 4 aromatic rings. The SMILES string of the molecule is O=C(C(Cc1ccc(O)cc1)c1ccc(O)cc1)C(Cc1ccc(O)cc1)c1ccc(O)cc1. The lowest BCUT2D eigenvalue weighted by molar-refractivity contribution is -0.122. The quantitative estimate of drug-likeness (QED) is 0.285. The summed E-state index contributed by atoms with van der Waals surface area (Å²) in [5.74, 6) is -0.437. The van der Waals surface area contributed by atoms with E-state index >= 15 is 0 Å². The highest BCUT2D eigenvalue weighted by Gasteiger charge is 2.30. The van der Waals surface area contributed by atoms with Gasteiger partial charge >= 0.3 is 0 Å². The van der Waals surface area contributed by atoms with Gasteiger partial charge in [0.25, 0.3) is 0 Å². The summed E-state index contributed by atoms with van der Waals surface area (Å²) in [6.45, 7) is 0. The average molecular weight is 455 g/mol. The fourth-order valence-corrected chi connectivity index (χ4v) is 4.16. The van der Waals surface area contributed by atoms with Gasteiger partial charge in [-0.3, -0.25) is 4.79 Å². The van der Waals surface area contributed by atoms with Gasteiger partial charge in [0.1, 0.15) is 28.8 Å². The molecule has 4 rings (SSSR count). The highest BCUT2D eigenvalue weighted by Crippen LogP contribution is 2.34. The standard InChI is InChI=1S/C29H26O5/c30-23-9-1-19(2-10-23)17-27(21-5-13-25(32)14-6-21)29(34)28(22-7-15-26(33)16-8-22)18-20-3-11-24(31)12-4-20/h1-16,27-28,30-33H,17-18H2. The summed E-state index contributed by atoms with van der Waals surface area (Å²) in [4.78, 5) is 14.1. The average Bonchev–Trinajstić information content (AvgIpc) is 2.84. The molecule has 0 spiro atoms. The maximum absolute atomic E-state index is 14.1. The van der Waals surface area contributed by atoms with Crippen molar-refractivity contribution in [1.82, 2.24) is 0 Å². The predicted octanol–water partition coefficient (Wildman–Crippen LogP) is 5.43. The third kappa shape index (κ3) is 5.56. The van der Waals surface area contributed by atoms with Crippen LogP contribution in [0.5, 0.6) is 23.0 Å². The summed E-state index contributed by atoms with van der Waals surface area (Å²) in [6, 6.07) is 26.9. The first kappa shape index (κ1) is 22.9. The van der Waals surface area contributed by atoms with Crippen LogP contribution in [0.1, 0.15) is 34.1 Å². The molecule has 0 heterocycles. The first-order valence-corrected chi connectivity index (χ1v) is 11.1. The Bertz CT molecular complexity index is 1130. The topological polar surface area (TPSA) is 98.0 Å². The molecule has 0 bridgehead atoms. The molecule has 0 aliphatic heterocycles. The van der Waals surface area contributed by atoms with E-state index in [0.717, 1.165) is 22.3 Å². The molecule has 2 unspecified atom stereocenters. The van der Waals surface area contributed by atoms with Gasteiger partial charge < -0.3 is 20.4 Å². The Balaban J connectivity index is 1.74. The highest BCUT2D eigenvalue weighted by atomic mass is 16.3. The van der Waals surface area contributed by atoms with E-state index < -0.39 is 11.8 Å². The lowest BCUT2D eigenvalue weighted by Crippen LogP contribution is -2.24. The minimum absolute atomic E-state index is 0.00229. The second-order valence-electron chi connectivity index (χ2n) is 8.43. The van der Waals surface area contributed by atoms with Crippen molar-refractivity contribution in [3.63, 3.8) is 0 Å². The summed E-state index contributed by atoms with van der Waals surface area (Å²) in [5, 5.41) is 38.9. The van der Waals surface area contributed by atoms with E-state index in [0.29, 0.717) is 12.8 Å². The van der Waals surface area contributed by atoms with E-state index in [4.69, 9.17) is 0 Å². The van der Waals surface area contributed by atoms with Gasteiger partial charge in [0.05, 0.1) is 0 Å². The number of rotatable bonds is 8. The van der Waals surface area contributed by atoms with Crippen LogP contribution in [0.3, 0.4) is 0 Å². The van der Waals surface area contributed by atoms with Gasteiger partial charge in [-0.15, -0.1) is 0 Å². The minimum atomic E-state index is -0.499. The van der Waals surface area contributed by atoms with Gasteiger partial charge in [-0.05, 0) is 83.6 Å². The monoisotopic (exact) mass is 454 g/mol. The molecule has 4 N–H and O–H groups in total. The molecule has 0 saturated heterocycles. The van der Waals surface area contributed by atoms with Gasteiger partial charge in [-0.25, -0.2) is 0 Å². The van der Waals surface area contributed by atoms with E-state index in [1.165, 1.54) is 0 Å². The van der Waals surface area contributed by atoms with E-state index in [1.807, 2.05) is 0 Å². The Morgan fingerprint density at radius 2 is 0.735 bits per heavy atom. The van der Waals surface area contributed by atoms with E-state index in [2.05, 4.69) is 0 Å². The number of hydrogen-bond donors (Lipinski definition) is 4. The number of phenols is 4. The number of benzene rings is 4. The molecule has 2 atom stereocenters. The number of phenolic OH excluding ortho intramolecular Hbond substituents is 4. The zero-order chi connectivity index (χ0) is 24.1. The first-order valence-electron chi connectivity index (χ1n) is 11.1. The maximum Gasteiger partial charge on any atom is 0.148 e. The van der Waals surface area contributed by atoms with Gasteiger partial charge in [0, 0.05) is 11.8 Å². The number of Topliss-reactive ketones (excluding diaryl/α,β-unsaturated/α-hetero) is 1. The summed E-state index contributed by atoms with van der Waals surface area (Å²) in [7, 11) is 0. The Hall–Kier alpha value is -4.25. The molecular weight excluding hydrogens is 428 g/mol. The van der Waals surface area contributed by atoms with Crippen molar-refractivity contribution < 1.29 is 25.2 Å². The van der Waals surface area contributed by atoms with E-state index in [9.17, 15) is 25.2 Å². The van der Waals surface area contributed by atoms with Crippen LogP contribution in [0, 0.1) is 0 Å². The van der Waals surface area contributed by atoms with Crippen LogP contribution < -0.4 is 0 Å². The van der Waals surface area contributed by atoms with Crippen molar-refractivity contribution in [1.29, 1.82) is 0 Å². The van der Waals surface area contributed by atoms with Crippen molar-refractivity contribution in [3.05, 3.63) is 119 Å². The summed E-state index contributed by atoms with van der Waals surface area (Å²) < 4.78 is 0. The number of carbonyl (C=O) groups is 1. The molecule has 0 amide bonds. The van der Waals surface area contributed by atoms with Crippen molar-refractivity contribution in [3.8, 4) is 23.0 Å². The predicted molar refractivity (Wildman–Crippen MR) is 130 cm³/mol. The van der Waals surface area contributed by atoms with Gasteiger partial charge in [-0.1, -0.05) is 48.5 Å². The van der Waals surface area contributed by atoms with Crippen LogP contribution in [-0.2, 0) is 17.6 Å². The van der Waals surface area contributed by atoms with Gasteiger partial charge in [0.2, 0.25) is 0 Å². The molecule has 172 valence electrons. The molecular formula is C29H26O5. The first-order chi connectivity index (χ1) is 16.4. The molecule has 0 aliphatic carbocycles. The fraction of sp³-hybridized carbons (Fsp3) is 0.138. The molecule has 0 saturated carbocycles. The number of aromatic hydroxyl groups is 4. The lowest BCUT2D eigenvalue weighted by atomic mass is 9.78. The zero-order valence-corrected chi connectivity index (χ0v) is 18.5. The van der Waals surface area contributed by atoms with Gasteiger partial charge in [-0.2, -0.15) is 0 Å². The molecule has 5 nitrogen and oxygen atoms in total. The highest BCUT2D eigenvalue weighted by molar-refractivity contribution is 5.92. The number of ketones is 1. The van der Waals surface area contributed by atoms with Crippen molar-refractivity contribution in [2.75, 3.05) is 0 Å². The Morgan fingerprint density at radius 3 is 1.03 bits per heavy atom. The Morgan fingerprint density at radius 1 is 0.471 bits per heavy atom. The lowest BCUT2D eigenvalue weighted by Gasteiger charge is -2.24. The third-order valence-electron chi connectivity index (χ3n) is 6.03. The van der Waals surface area contributed by atoms with Crippen LogP contribution in [0.2, 0.25) is 0 Å². The summed E-state index contributed by atoms with van der Waals surface area (Å²) in [5.41, 5.74) is 3.37. The van der Waals surface area contributed by atoms with Crippen molar-refractivity contribution >= 4 is 5.78 Å². The largest absolute Gasteiger partial charge is 0.508 e. The van der Waals surface area contributed by atoms with Crippen molar-refractivity contribution in [2.24, 2.45) is 0 Å². The molecule has 4 aromatic carbocycles. The van der Waals surface area contributed by atoms with Gasteiger partial charge in [0.15, 0.2) is 0 Å². The normalized spacial score (nSPS) is 12.7. The van der Waals surface area contributed by atoms with Crippen LogP contribution in [-0.4, -0.2) is 26.2 Å². The fourth-order valence-electron chi connectivity index (χ4n) is 4.16.